The first-order chi connectivity index (χ1) is 8.20. The lowest BCUT2D eigenvalue weighted by atomic mass is 10.0. The summed E-state index contributed by atoms with van der Waals surface area (Å²) in [6, 6.07) is 7.34. The van der Waals surface area contributed by atoms with Gasteiger partial charge in [-0.3, -0.25) is 0 Å². The van der Waals surface area contributed by atoms with E-state index < -0.39 is 0 Å². The third kappa shape index (κ3) is 3.44. The predicted octanol–water partition coefficient (Wildman–Crippen LogP) is 3.85. The number of hydrogen-bond acceptors (Lipinski definition) is 1. The van der Waals surface area contributed by atoms with E-state index in [1.54, 1.807) is 0 Å². The van der Waals surface area contributed by atoms with Crippen molar-refractivity contribution in [1.29, 1.82) is 0 Å². The third-order valence-electron chi connectivity index (χ3n) is 3.66. The Kier molecular flexibility index (Phi) is 4.01. The van der Waals surface area contributed by atoms with Crippen molar-refractivity contribution in [1.82, 2.24) is 5.32 Å². The molecule has 0 aromatic heterocycles. The van der Waals surface area contributed by atoms with Crippen LogP contribution in [0.25, 0.3) is 6.08 Å². The standard InChI is InChI=1S/C16H23N/c1-4-14(11-17-16-8-9-16)10-15-7-5-6-12(2)13(15)3/h5-7,10,16-17H,4,8-9,11H2,1-3H3. The van der Waals surface area contributed by atoms with Crippen molar-refractivity contribution in [2.24, 2.45) is 0 Å². The number of benzene rings is 1. The molecule has 0 bridgehead atoms. The second kappa shape index (κ2) is 5.50. The predicted molar refractivity (Wildman–Crippen MR) is 75.2 cm³/mol. The van der Waals surface area contributed by atoms with E-state index in [1.165, 1.54) is 35.1 Å². The van der Waals surface area contributed by atoms with E-state index in [2.05, 4.69) is 50.4 Å². The highest BCUT2D eigenvalue weighted by molar-refractivity contribution is 5.58. The summed E-state index contributed by atoms with van der Waals surface area (Å²) in [4.78, 5) is 0. The van der Waals surface area contributed by atoms with Crippen LogP contribution in [0.3, 0.4) is 0 Å². The Morgan fingerprint density at radius 1 is 1.35 bits per heavy atom. The molecule has 92 valence electrons. The van der Waals surface area contributed by atoms with E-state index >= 15 is 0 Å². The molecule has 1 aliphatic rings. The van der Waals surface area contributed by atoms with Crippen molar-refractivity contribution in [3.63, 3.8) is 0 Å². The van der Waals surface area contributed by atoms with Crippen LogP contribution >= 0.6 is 0 Å². The van der Waals surface area contributed by atoms with Crippen LogP contribution in [0.4, 0.5) is 0 Å². The molecule has 0 aliphatic heterocycles. The summed E-state index contributed by atoms with van der Waals surface area (Å²) in [5.41, 5.74) is 5.67. The van der Waals surface area contributed by atoms with Crippen LogP contribution in [0.5, 0.6) is 0 Å². The van der Waals surface area contributed by atoms with Crippen molar-refractivity contribution in [3.05, 3.63) is 40.5 Å². The summed E-state index contributed by atoms with van der Waals surface area (Å²) in [5.74, 6) is 0. The van der Waals surface area contributed by atoms with Crippen LogP contribution in [-0.4, -0.2) is 12.6 Å². The average molecular weight is 229 g/mol. The maximum absolute atomic E-state index is 3.59. The molecule has 1 heteroatoms. The largest absolute Gasteiger partial charge is 0.310 e. The fourth-order valence-corrected chi connectivity index (χ4v) is 1.99. The third-order valence-corrected chi connectivity index (χ3v) is 3.66. The van der Waals surface area contributed by atoms with Crippen molar-refractivity contribution in [2.75, 3.05) is 6.54 Å². The quantitative estimate of drug-likeness (QED) is 0.808. The average Bonchev–Trinajstić information content (AvgIpc) is 3.13. The normalized spacial score (nSPS) is 16.3. The number of aryl methyl sites for hydroxylation is 1. The van der Waals surface area contributed by atoms with Crippen LogP contribution in [0.2, 0.25) is 0 Å². The lowest BCUT2D eigenvalue weighted by Gasteiger charge is -2.09. The molecule has 1 nitrogen and oxygen atoms in total. The van der Waals surface area contributed by atoms with E-state index in [1.807, 2.05) is 0 Å². The van der Waals surface area contributed by atoms with Gasteiger partial charge in [0.15, 0.2) is 0 Å². The first-order valence-corrected chi connectivity index (χ1v) is 6.69. The smallest absolute Gasteiger partial charge is 0.0170 e. The summed E-state index contributed by atoms with van der Waals surface area (Å²) in [7, 11) is 0. The van der Waals surface area contributed by atoms with E-state index in [0.717, 1.165) is 19.0 Å². The second-order valence-corrected chi connectivity index (χ2v) is 5.10. The molecule has 2 rings (SSSR count). The van der Waals surface area contributed by atoms with Gasteiger partial charge in [-0.2, -0.15) is 0 Å². The first-order valence-electron chi connectivity index (χ1n) is 6.69. The van der Waals surface area contributed by atoms with Gasteiger partial charge < -0.3 is 5.32 Å². The van der Waals surface area contributed by atoms with Gasteiger partial charge in [0, 0.05) is 12.6 Å². The first kappa shape index (κ1) is 12.4. The van der Waals surface area contributed by atoms with Gasteiger partial charge in [0.05, 0.1) is 0 Å². The van der Waals surface area contributed by atoms with Crippen LogP contribution in [0.15, 0.2) is 23.8 Å². The van der Waals surface area contributed by atoms with Gasteiger partial charge in [0.1, 0.15) is 0 Å². The number of rotatable bonds is 5. The summed E-state index contributed by atoms with van der Waals surface area (Å²) in [5, 5.41) is 3.59. The molecule has 0 heterocycles. The fraction of sp³-hybridized carbons (Fsp3) is 0.500. The highest BCUT2D eigenvalue weighted by Gasteiger charge is 2.20. The molecule has 0 unspecified atom stereocenters. The molecule has 1 aromatic rings. The zero-order valence-electron chi connectivity index (χ0n) is 11.2. The minimum absolute atomic E-state index is 0.795. The monoisotopic (exact) mass is 229 g/mol. The van der Waals surface area contributed by atoms with Gasteiger partial charge in [-0.15, -0.1) is 0 Å². The molecule has 1 fully saturated rings. The summed E-state index contributed by atoms with van der Waals surface area (Å²) >= 11 is 0. The zero-order chi connectivity index (χ0) is 12.3. The van der Waals surface area contributed by atoms with Crippen LogP contribution in [0, 0.1) is 13.8 Å². The van der Waals surface area contributed by atoms with Crippen molar-refractivity contribution in [2.45, 2.75) is 46.1 Å². The van der Waals surface area contributed by atoms with Crippen LogP contribution in [0.1, 0.15) is 42.9 Å². The summed E-state index contributed by atoms with van der Waals surface area (Å²) in [6.45, 7) is 7.68. The molecule has 0 spiro atoms. The van der Waals surface area contributed by atoms with E-state index in [4.69, 9.17) is 0 Å². The lowest BCUT2D eigenvalue weighted by molar-refractivity contribution is 0.723. The molecule has 0 saturated heterocycles. The minimum atomic E-state index is 0.795. The molecular formula is C16H23N. The molecule has 1 aliphatic carbocycles. The second-order valence-electron chi connectivity index (χ2n) is 5.10. The lowest BCUT2D eigenvalue weighted by Crippen LogP contribution is -2.18. The topological polar surface area (TPSA) is 12.0 Å². The molecule has 1 saturated carbocycles. The Hall–Kier alpha value is -1.08. The maximum atomic E-state index is 3.59. The van der Waals surface area contributed by atoms with Crippen molar-refractivity contribution >= 4 is 6.08 Å². The van der Waals surface area contributed by atoms with Crippen molar-refractivity contribution < 1.29 is 0 Å². The molecule has 1 aromatic carbocycles. The van der Waals surface area contributed by atoms with E-state index in [9.17, 15) is 0 Å². The van der Waals surface area contributed by atoms with Gasteiger partial charge in [-0.05, 0) is 49.8 Å². The van der Waals surface area contributed by atoms with Gasteiger partial charge in [0.25, 0.3) is 0 Å². The maximum Gasteiger partial charge on any atom is 0.0170 e. The van der Waals surface area contributed by atoms with Crippen LogP contribution < -0.4 is 5.32 Å². The van der Waals surface area contributed by atoms with Gasteiger partial charge in [0.2, 0.25) is 0 Å². The Balaban J connectivity index is 2.10. The van der Waals surface area contributed by atoms with Crippen LogP contribution in [-0.2, 0) is 0 Å². The minimum Gasteiger partial charge on any atom is -0.310 e. The number of nitrogens with one attached hydrogen (secondary N) is 1. The molecular weight excluding hydrogens is 206 g/mol. The SMILES string of the molecule is CCC(=Cc1cccc(C)c1C)CNC1CC1. The van der Waals surface area contributed by atoms with Gasteiger partial charge in [-0.25, -0.2) is 0 Å². The van der Waals surface area contributed by atoms with E-state index in [-0.39, 0.29) is 0 Å². The van der Waals surface area contributed by atoms with Gasteiger partial charge >= 0.3 is 0 Å². The molecule has 0 atom stereocenters. The Bertz CT molecular complexity index is 414. The highest BCUT2D eigenvalue weighted by Crippen LogP contribution is 2.20. The Labute approximate surface area is 105 Å². The Morgan fingerprint density at radius 2 is 2.12 bits per heavy atom. The molecule has 0 amide bonds. The summed E-state index contributed by atoms with van der Waals surface area (Å²) in [6.07, 6.45) is 6.21. The summed E-state index contributed by atoms with van der Waals surface area (Å²) < 4.78 is 0. The molecule has 0 radical (unpaired) electrons. The molecule has 17 heavy (non-hydrogen) atoms. The molecule has 1 N–H and O–H groups in total. The zero-order valence-corrected chi connectivity index (χ0v) is 11.2. The Morgan fingerprint density at radius 3 is 2.76 bits per heavy atom. The van der Waals surface area contributed by atoms with E-state index in [0.29, 0.717) is 0 Å². The highest BCUT2D eigenvalue weighted by atomic mass is 14.9. The fourth-order valence-electron chi connectivity index (χ4n) is 1.99. The number of hydrogen-bond donors (Lipinski definition) is 1. The van der Waals surface area contributed by atoms with Crippen molar-refractivity contribution in [3.8, 4) is 0 Å². The van der Waals surface area contributed by atoms with Gasteiger partial charge in [-0.1, -0.05) is 36.8 Å².